The summed E-state index contributed by atoms with van der Waals surface area (Å²) in [5, 5.41) is 18.4. The number of hydrogen-bond acceptors (Lipinski definition) is 4. The van der Waals surface area contributed by atoms with Crippen LogP contribution in [-0.4, -0.2) is 0 Å². The quantitative estimate of drug-likeness (QED) is 0.463. The van der Waals surface area contributed by atoms with Crippen molar-refractivity contribution in [3.63, 3.8) is 0 Å². The van der Waals surface area contributed by atoms with Gasteiger partial charge in [-0.25, -0.2) is 0 Å². The minimum Gasteiger partial charge on any atom is -0.489 e. The molecule has 0 N–H and O–H groups in total. The van der Waals surface area contributed by atoms with Gasteiger partial charge in [0.15, 0.2) is 0 Å². The minimum atomic E-state index is 0.409. The first kappa shape index (κ1) is 19.5. The predicted octanol–water partition coefficient (Wildman–Crippen LogP) is 5.48. The van der Waals surface area contributed by atoms with Gasteiger partial charge in [-0.1, -0.05) is 40.2 Å². The molecule has 0 amide bonds. The van der Waals surface area contributed by atoms with Crippen LogP contribution in [0.1, 0.15) is 27.8 Å². The molecule has 3 aromatic carbocycles. The molecule has 0 spiro atoms. The first-order chi connectivity index (χ1) is 13.7. The van der Waals surface area contributed by atoms with Crippen molar-refractivity contribution in [1.29, 1.82) is 10.5 Å². The van der Waals surface area contributed by atoms with Crippen LogP contribution in [0.2, 0.25) is 0 Å². The highest BCUT2D eigenvalue weighted by Gasteiger charge is 2.05. The Bertz CT molecular complexity index is 937. The third kappa shape index (κ3) is 5.36. The molecule has 0 atom stereocenters. The molecule has 0 bridgehead atoms. The van der Waals surface area contributed by atoms with E-state index in [1.807, 2.05) is 42.5 Å². The van der Waals surface area contributed by atoms with Crippen LogP contribution >= 0.6 is 15.9 Å². The van der Waals surface area contributed by atoms with Gasteiger partial charge in [0.05, 0.1) is 23.3 Å². The van der Waals surface area contributed by atoms with Crippen molar-refractivity contribution in [3.05, 3.63) is 94.5 Å². The number of hydrogen-bond donors (Lipinski definition) is 0. The molecule has 0 aliphatic carbocycles. The topological polar surface area (TPSA) is 66.0 Å². The number of benzene rings is 3. The van der Waals surface area contributed by atoms with Gasteiger partial charge in [0.25, 0.3) is 0 Å². The maximum atomic E-state index is 8.87. The average molecular weight is 433 g/mol. The van der Waals surface area contributed by atoms with Gasteiger partial charge in [-0.2, -0.15) is 10.5 Å². The molecular formula is C23H17BrN2O2. The van der Waals surface area contributed by atoms with E-state index in [0.29, 0.717) is 29.7 Å². The smallest absolute Gasteiger partial charge is 0.123 e. The highest BCUT2D eigenvalue weighted by molar-refractivity contribution is 9.08. The number of alkyl halides is 1. The summed E-state index contributed by atoms with van der Waals surface area (Å²) in [6.45, 7) is 0.818. The normalized spacial score (nSPS) is 9.96. The van der Waals surface area contributed by atoms with E-state index in [9.17, 15) is 0 Å². The summed E-state index contributed by atoms with van der Waals surface area (Å²) in [6.07, 6.45) is 0. The van der Waals surface area contributed by atoms with Crippen molar-refractivity contribution in [2.24, 2.45) is 0 Å². The van der Waals surface area contributed by atoms with E-state index in [-0.39, 0.29) is 0 Å². The molecule has 3 aromatic rings. The van der Waals surface area contributed by atoms with Gasteiger partial charge < -0.3 is 9.47 Å². The number of nitrogens with zero attached hydrogens (tertiary/aromatic N) is 2. The fourth-order valence-corrected chi connectivity index (χ4v) is 2.88. The molecule has 0 saturated carbocycles. The highest BCUT2D eigenvalue weighted by Crippen LogP contribution is 2.26. The summed E-state index contributed by atoms with van der Waals surface area (Å²) in [6, 6.07) is 24.6. The molecule has 0 heterocycles. The van der Waals surface area contributed by atoms with Gasteiger partial charge in [0.1, 0.15) is 24.7 Å². The van der Waals surface area contributed by atoms with Gasteiger partial charge in [-0.15, -0.1) is 0 Å². The second kappa shape index (κ2) is 9.60. The lowest BCUT2D eigenvalue weighted by Crippen LogP contribution is -1.99. The lowest BCUT2D eigenvalue weighted by Gasteiger charge is -2.12. The third-order valence-electron chi connectivity index (χ3n) is 4.07. The zero-order valence-electron chi connectivity index (χ0n) is 15.1. The lowest BCUT2D eigenvalue weighted by atomic mass is 10.1. The molecular weight excluding hydrogens is 416 g/mol. The zero-order valence-corrected chi connectivity index (χ0v) is 16.6. The Morgan fingerprint density at radius 2 is 1.07 bits per heavy atom. The number of ether oxygens (including phenoxy) is 2. The lowest BCUT2D eigenvalue weighted by molar-refractivity contribution is 0.289. The van der Waals surface area contributed by atoms with Gasteiger partial charge >= 0.3 is 0 Å². The Morgan fingerprint density at radius 3 is 1.43 bits per heavy atom. The second-order valence-electron chi connectivity index (χ2n) is 6.14. The Kier molecular flexibility index (Phi) is 6.68. The van der Waals surface area contributed by atoms with Crippen molar-refractivity contribution in [1.82, 2.24) is 0 Å². The molecule has 28 heavy (non-hydrogen) atoms. The molecule has 4 nitrogen and oxygen atoms in total. The molecule has 5 heteroatoms. The predicted molar refractivity (Wildman–Crippen MR) is 110 cm³/mol. The number of halogens is 1. The third-order valence-corrected chi connectivity index (χ3v) is 4.72. The van der Waals surface area contributed by atoms with Gasteiger partial charge in [-0.3, -0.25) is 0 Å². The maximum Gasteiger partial charge on any atom is 0.123 e. The average Bonchev–Trinajstić information content (AvgIpc) is 2.76. The van der Waals surface area contributed by atoms with Crippen molar-refractivity contribution in [2.75, 3.05) is 0 Å². The molecule has 138 valence electrons. The molecule has 0 unspecified atom stereocenters. The molecule has 0 radical (unpaired) electrons. The van der Waals surface area contributed by atoms with Crippen molar-refractivity contribution in [3.8, 4) is 23.6 Å². The summed E-state index contributed by atoms with van der Waals surface area (Å²) in [4.78, 5) is 0. The van der Waals surface area contributed by atoms with Crippen LogP contribution in [0.4, 0.5) is 0 Å². The minimum absolute atomic E-state index is 0.409. The monoisotopic (exact) mass is 432 g/mol. The Balaban J connectivity index is 1.66. The fraction of sp³-hybridized carbons (Fsp3) is 0.130. The first-order valence-electron chi connectivity index (χ1n) is 8.64. The Morgan fingerprint density at radius 1 is 0.643 bits per heavy atom. The van der Waals surface area contributed by atoms with E-state index >= 15 is 0 Å². The van der Waals surface area contributed by atoms with E-state index in [1.54, 1.807) is 24.3 Å². The number of rotatable bonds is 7. The van der Waals surface area contributed by atoms with E-state index in [2.05, 4.69) is 28.1 Å². The van der Waals surface area contributed by atoms with Gasteiger partial charge in [0, 0.05) is 11.4 Å². The van der Waals surface area contributed by atoms with Crippen LogP contribution in [0.5, 0.6) is 11.5 Å². The van der Waals surface area contributed by atoms with Crippen LogP contribution in [0.25, 0.3) is 0 Å². The van der Waals surface area contributed by atoms with Crippen molar-refractivity contribution < 1.29 is 9.47 Å². The summed E-state index contributed by atoms with van der Waals surface area (Å²) in [7, 11) is 0. The first-order valence-corrected chi connectivity index (χ1v) is 9.76. The Hall–Kier alpha value is -3.28. The number of nitriles is 2. The standard InChI is InChI=1S/C23H17BrN2O2/c24-12-21-9-22(27-15-19-5-1-17(13-25)2-6-19)11-23(10-21)28-16-20-7-3-18(14-26)4-8-20/h1-11H,12,15-16H2. The van der Waals surface area contributed by atoms with Crippen LogP contribution in [-0.2, 0) is 18.5 Å². The largest absolute Gasteiger partial charge is 0.489 e. The van der Waals surface area contributed by atoms with Crippen LogP contribution < -0.4 is 9.47 Å². The molecule has 0 aliphatic heterocycles. The summed E-state index contributed by atoms with van der Waals surface area (Å²) in [5.74, 6) is 1.44. The molecule has 0 aromatic heterocycles. The van der Waals surface area contributed by atoms with Crippen molar-refractivity contribution >= 4 is 15.9 Å². The zero-order chi connectivity index (χ0) is 19.8. The van der Waals surface area contributed by atoms with E-state index in [4.69, 9.17) is 20.0 Å². The van der Waals surface area contributed by atoms with Gasteiger partial charge in [0.2, 0.25) is 0 Å². The molecule has 0 fully saturated rings. The Labute approximate surface area is 172 Å². The van der Waals surface area contributed by atoms with Crippen molar-refractivity contribution in [2.45, 2.75) is 18.5 Å². The second-order valence-corrected chi connectivity index (χ2v) is 6.70. The van der Waals surface area contributed by atoms with E-state index in [0.717, 1.165) is 28.2 Å². The van der Waals surface area contributed by atoms with Crippen LogP contribution in [0, 0.1) is 22.7 Å². The summed E-state index contributed by atoms with van der Waals surface area (Å²) < 4.78 is 11.8. The maximum absolute atomic E-state index is 8.87. The fourth-order valence-electron chi connectivity index (χ4n) is 2.56. The highest BCUT2D eigenvalue weighted by atomic mass is 79.9. The molecule has 0 saturated heterocycles. The van der Waals surface area contributed by atoms with E-state index in [1.165, 1.54) is 0 Å². The van der Waals surface area contributed by atoms with Crippen LogP contribution in [0.15, 0.2) is 66.7 Å². The molecule has 3 rings (SSSR count). The van der Waals surface area contributed by atoms with Crippen LogP contribution in [0.3, 0.4) is 0 Å². The molecule has 0 aliphatic rings. The van der Waals surface area contributed by atoms with Gasteiger partial charge in [-0.05, 0) is 53.1 Å². The summed E-state index contributed by atoms with van der Waals surface area (Å²) >= 11 is 3.48. The summed E-state index contributed by atoms with van der Waals surface area (Å²) in [5.41, 5.74) is 4.28. The SMILES string of the molecule is N#Cc1ccc(COc2cc(CBr)cc(OCc3ccc(C#N)cc3)c2)cc1. The van der Waals surface area contributed by atoms with E-state index < -0.39 is 0 Å².